The Morgan fingerprint density at radius 1 is 1.60 bits per heavy atom. The SMILES string of the molecule is CCNc1ccc([N+](=O)[O-])c(N2CCCC(OC)C2)n1. The van der Waals surface area contributed by atoms with E-state index < -0.39 is 0 Å². The van der Waals surface area contributed by atoms with Crippen molar-refractivity contribution in [3.8, 4) is 0 Å². The average molecular weight is 280 g/mol. The smallest absolute Gasteiger partial charge is 0.311 e. The highest BCUT2D eigenvalue weighted by molar-refractivity contribution is 5.62. The molecule has 0 bridgehead atoms. The second kappa shape index (κ2) is 6.51. The molecule has 1 aromatic rings. The molecule has 1 aromatic heterocycles. The number of rotatable bonds is 5. The van der Waals surface area contributed by atoms with Gasteiger partial charge in [-0.15, -0.1) is 0 Å². The Hall–Kier alpha value is -1.89. The number of piperidine rings is 1. The molecule has 1 unspecified atom stereocenters. The Morgan fingerprint density at radius 2 is 2.40 bits per heavy atom. The lowest BCUT2D eigenvalue weighted by molar-refractivity contribution is -0.384. The Kier molecular flexibility index (Phi) is 4.73. The second-order valence-corrected chi connectivity index (χ2v) is 4.77. The highest BCUT2D eigenvalue weighted by atomic mass is 16.6. The summed E-state index contributed by atoms with van der Waals surface area (Å²) in [6.45, 7) is 4.10. The molecular formula is C13H20N4O3. The van der Waals surface area contributed by atoms with Crippen LogP contribution in [0.2, 0.25) is 0 Å². The van der Waals surface area contributed by atoms with Crippen molar-refractivity contribution in [2.24, 2.45) is 0 Å². The van der Waals surface area contributed by atoms with E-state index in [1.807, 2.05) is 11.8 Å². The van der Waals surface area contributed by atoms with Crippen LogP contribution in [0.3, 0.4) is 0 Å². The summed E-state index contributed by atoms with van der Waals surface area (Å²) in [4.78, 5) is 17.1. The molecule has 2 rings (SSSR count). The molecule has 0 saturated carbocycles. The number of methoxy groups -OCH3 is 1. The number of nitrogens with one attached hydrogen (secondary N) is 1. The summed E-state index contributed by atoms with van der Waals surface area (Å²) in [6, 6.07) is 3.15. The first-order chi connectivity index (χ1) is 9.65. The molecule has 0 spiro atoms. The van der Waals surface area contributed by atoms with Crippen molar-refractivity contribution in [1.82, 2.24) is 4.98 Å². The number of nitro groups is 1. The van der Waals surface area contributed by atoms with Crippen molar-refractivity contribution in [1.29, 1.82) is 0 Å². The monoisotopic (exact) mass is 280 g/mol. The van der Waals surface area contributed by atoms with E-state index in [9.17, 15) is 10.1 Å². The van der Waals surface area contributed by atoms with Crippen LogP contribution in [-0.2, 0) is 4.74 Å². The maximum absolute atomic E-state index is 11.2. The molecule has 2 heterocycles. The lowest BCUT2D eigenvalue weighted by atomic mass is 10.1. The third-order valence-electron chi connectivity index (χ3n) is 3.42. The molecule has 1 saturated heterocycles. The molecule has 0 aromatic carbocycles. The molecule has 7 heteroatoms. The molecule has 20 heavy (non-hydrogen) atoms. The zero-order valence-corrected chi connectivity index (χ0v) is 11.8. The van der Waals surface area contributed by atoms with Crippen LogP contribution in [0.5, 0.6) is 0 Å². The van der Waals surface area contributed by atoms with Crippen LogP contribution in [0.15, 0.2) is 12.1 Å². The van der Waals surface area contributed by atoms with Gasteiger partial charge < -0.3 is 15.0 Å². The van der Waals surface area contributed by atoms with Crippen LogP contribution in [0.1, 0.15) is 19.8 Å². The first-order valence-corrected chi connectivity index (χ1v) is 6.82. The van der Waals surface area contributed by atoms with Crippen molar-refractivity contribution in [3.63, 3.8) is 0 Å². The second-order valence-electron chi connectivity index (χ2n) is 4.77. The Labute approximate surface area is 118 Å². The van der Waals surface area contributed by atoms with Crippen LogP contribution < -0.4 is 10.2 Å². The van der Waals surface area contributed by atoms with Gasteiger partial charge in [0.15, 0.2) is 0 Å². The van der Waals surface area contributed by atoms with Crippen molar-refractivity contribution < 1.29 is 9.66 Å². The number of anilines is 2. The number of nitrogens with zero attached hydrogens (tertiary/aromatic N) is 3. The quantitative estimate of drug-likeness (QED) is 0.656. The van der Waals surface area contributed by atoms with Crippen molar-refractivity contribution in [3.05, 3.63) is 22.2 Å². The largest absolute Gasteiger partial charge is 0.380 e. The highest BCUT2D eigenvalue weighted by Gasteiger charge is 2.27. The maximum Gasteiger partial charge on any atom is 0.311 e. The van der Waals surface area contributed by atoms with Gasteiger partial charge in [-0.1, -0.05) is 0 Å². The zero-order chi connectivity index (χ0) is 14.5. The van der Waals surface area contributed by atoms with E-state index in [1.165, 1.54) is 6.07 Å². The predicted molar refractivity (Wildman–Crippen MR) is 77.3 cm³/mol. The Morgan fingerprint density at radius 3 is 3.05 bits per heavy atom. The standard InChI is InChI=1S/C13H20N4O3/c1-3-14-12-7-6-11(17(18)19)13(15-12)16-8-4-5-10(9-16)20-2/h6-7,10H,3-5,8-9H2,1-2H3,(H,14,15). The minimum atomic E-state index is -0.380. The number of hydrogen-bond donors (Lipinski definition) is 1. The third-order valence-corrected chi connectivity index (χ3v) is 3.42. The minimum Gasteiger partial charge on any atom is -0.380 e. The van der Waals surface area contributed by atoms with Gasteiger partial charge in [0.25, 0.3) is 0 Å². The van der Waals surface area contributed by atoms with Crippen molar-refractivity contribution in [2.75, 3.05) is 37.0 Å². The normalized spacial score (nSPS) is 18.9. The van der Waals surface area contributed by atoms with E-state index in [2.05, 4.69) is 10.3 Å². The molecule has 1 atom stereocenters. The van der Waals surface area contributed by atoms with E-state index >= 15 is 0 Å². The van der Waals surface area contributed by atoms with Gasteiger partial charge in [-0.25, -0.2) is 4.98 Å². The van der Waals surface area contributed by atoms with Crippen LogP contribution in [-0.4, -0.2) is 42.8 Å². The van der Waals surface area contributed by atoms with Crippen LogP contribution >= 0.6 is 0 Å². The van der Waals surface area contributed by atoms with E-state index in [4.69, 9.17) is 4.74 Å². The van der Waals surface area contributed by atoms with Gasteiger partial charge in [-0.2, -0.15) is 0 Å². The van der Waals surface area contributed by atoms with E-state index in [0.717, 1.165) is 25.9 Å². The summed E-state index contributed by atoms with van der Waals surface area (Å²) in [5.41, 5.74) is 0.0448. The number of hydrogen-bond acceptors (Lipinski definition) is 6. The van der Waals surface area contributed by atoms with E-state index in [1.54, 1.807) is 13.2 Å². The number of ether oxygens (including phenoxy) is 1. The van der Waals surface area contributed by atoms with Crippen LogP contribution in [0.25, 0.3) is 0 Å². The summed E-state index contributed by atoms with van der Waals surface area (Å²) in [6.07, 6.45) is 2.03. The Bertz CT molecular complexity index is 481. The van der Waals surface area contributed by atoms with Gasteiger partial charge >= 0.3 is 5.69 Å². The predicted octanol–water partition coefficient (Wildman–Crippen LogP) is 2.04. The molecular weight excluding hydrogens is 260 g/mol. The van der Waals surface area contributed by atoms with Gasteiger partial charge in [-0.05, 0) is 25.8 Å². The average Bonchev–Trinajstić information content (AvgIpc) is 2.47. The maximum atomic E-state index is 11.2. The lowest BCUT2D eigenvalue weighted by Crippen LogP contribution is -2.40. The lowest BCUT2D eigenvalue weighted by Gasteiger charge is -2.32. The molecule has 1 aliphatic heterocycles. The summed E-state index contributed by atoms with van der Waals surface area (Å²) in [7, 11) is 1.67. The fourth-order valence-corrected chi connectivity index (χ4v) is 2.42. The molecule has 1 N–H and O–H groups in total. The first kappa shape index (κ1) is 14.5. The van der Waals surface area contributed by atoms with E-state index in [-0.39, 0.29) is 16.7 Å². The van der Waals surface area contributed by atoms with Gasteiger partial charge in [-0.3, -0.25) is 10.1 Å². The molecule has 1 fully saturated rings. The summed E-state index contributed by atoms with van der Waals surface area (Å²) >= 11 is 0. The summed E-state index contributed by atoms with van der Waals surface area (Å²) in [5.74, 6) is 1.09. The van der Waals surface area contributed by atoms with Crippen molar-refractivity contribution >= 4 is 17.3 Å². The van der Waals surface area contributed by atoms with Gasteiger partial charge in [0.1, 0.15) is 5.82 Å². The van der Waals surface area contributed by atoms with E-state index in [0.29, 0.717) is 18.2 Å². The zero-order valence-electron chi connectivity index (χ0n) is 11.8. The minimum absolute atomic E-state index is 0.0448. The summed E-state index contributed by atoms with van der Waals surface area (Å²) in [5, 5.41) is 14.3. The van der Waals surface area contributed by atoms with Gasteiger partial charge in [0.05, 0.1) is 11.0 Å². The molecule has 0 aliphatic carbocycles. The molecule has 0 radical (unpaired) electrons. The van der Waals surface area contributed by atoms with Crippen LogP contribution in [0, 0.1) is 10.1 Å². The van der Waals surface area contributed by atoms with Crippen molar-refractivity contribution in [2.45, 2.75) is 25.9 Å². The van der Waals surface area contributed by atoms with Gasteiger partial charge in [0, 0.05) is 32.8 Å². The molecule has 1 aliphatic rings. The Balaban J connectivity index is 2.31. The number of pyridine rings is 1. The summed E-state index contributed by atoms with van der Waals surface area (Å²) < 4.78 is 5.37. The third kappa shape index (κ3) is 3.16. The fourth-order valence-electron chi connectivity index (χ4n) is 2.42. The first-order valence-electron chi connectivity index (χ1n) is 6.82. The molecule has 110 valence electrons. The fraction of sp³-hybridized carbons (Fsp3) is 0.615. The topological polar surface area (TPSA) is 80.5 Å². The number of aromatic nitrogens is 1. The highest BCUT2D eigenvalue weighted by Crippen LogP contribution is 2.30. The van der Waals surface area contributed by atoms with Gasteiger partial charge in [0.2, 0.25) is 5.82 Å². The molecule has 7 nitrogen and oxygen atoms in total. The van der Waals surface area contributed by atoms with Crippen LogP contribution in [0.4, 0.5) is 17.3 Å². The molecule has 0 amide bonds.